The highest BCUT2D eigenvalue weighted by atomic mass is 16.5. The molecule has 106 valence electrons. The number of carbonyl (C=O) groups excluding carboxylic acids is 1. The number of nitrogens with zero attached hydrogens (tertiary/aromatic N) is 2. The first kappa shape index (κ1) is 15.4. The Morgan fingerprint density at radius 3 is 2.61 bits per heavy atom. The maximum atomic E-state index is 12.2. The van der Waals surface area contributed by atoms with Gasteiger partial charge in [0, 0.05) is 19.6 Å². The fourth-order valence-electron chi connectivity index (χ4n) is 2.24. The third-order valence-electron chi connectivity index (χ3n) is 3.24. The second-order valence-corrected chi connectivity index (χ2v) is 4.76. The zero-order chi connectivity index (χ0) is 13.4. The molecule has 0 aliphatic carbocycles. The van der Waals surface area contributed by atoms with E-state index in [2.05, 4.69) is 13.8 Å². The number of ether oxygens (including phenoxy) is 1. The largest absolute Gasteiger partial charge is 0.395 e. The van der Waals surface area contributed by atoms with Gasteiger partial charge < -0.3 is 14.7 Å². The minimum absolute atomic E-state index is 0.0344. The van der Waals surface area contributed by atoms with Crippen molar-refractivity contribution in [2.75, 3.05) is 46.0 Å². The molecular formula is C13H26N2O3. The lowest BCUT2D eigenvalue weighted by Crippen LogP contribution is -2.52. The highest BCUT2D eigenvalue weighted by molar-refractivity contribution is 5.78. The summed E-state index contributed by atoms with van der Waals surface area (Å²) in [4.78, 5) is 16.2. The Morgan fingerprint density at radius 1 is 1.39 bits per heavy atom. The van der Waals surface area contributed by atoms with Crippen molar-refractivity contribution in [3.8, 4) is 0 Å². The summed E-state index contributed by atoms with van der Waals surface area (Å²) in [5.74, 6) is 0.166. The second kappa shape index (κ2) is 8.45. The van der Waals surface area contributed by atoms with Gasteiger partial charge in [-0.3, -0.25) is 9.69 Å². The molecule has 1 rings (SSSR count). The molecule has 1 aliphatic rings. The maximum Gasteiger partial charge on any atom is 0.236 e. The van der Waals surface area contributed by atoms with Crippen LogP contribution in [0.4, 0.5) is 0 Å². The number of rotatable bonds is 7. The molecule has 0 aromatic heterocycles. The van der Waals surface area contributed by atoms with Gasteiger partial charge in [0.25, 0.3) is 0 Å². The highest BCUT2D eigenvalue weighted by Crippen LogP contribution is 2.07. The molecular weight excluding hydrogens is 232 g/mol. The standard InChI is InChI=1S/C13H26N2O3/c1-3-5-14(6-4-2)13(17)9-15-7-8-18-11-12(15)10-16/h12,16H,3-11H2,1-2H3. The molecule has 0 aromatic carbocycles. The number of aliphatic hydroxyl groups is 1. The van der Waals surface area contributed by atoms with Crippen LogP contribution in [0.3, 0.4) is 0 Å². The molecule has 0 radical (unpaired) electrons. The molecule has 1 atom stereocenters. The topological polar surface area (TPSA) is 53.0 Å². The van der Waals surface area contributed by atoms with Crippen molar-refractivity contribution >= 4 is 5.91 Å². The molecule has 5 heteroatoms. The molecule has 1 N–H and O–H groups in total. The average molecular weight is 258 g/mol. The quantitative estimate of drug-likeness (QED) is 0.715. The van der Waals surface area contributed by atoms with Crippen LogP contribution < -0.4 is 0 Å². The van der Waals surface area contributed by atoms with E-state index in [0.717, 1.165) is 32.5 Å². The van der Waals surface area contributed by atoms with Crippen molar-refractivity contribution < 1.29 is 14.6 Å². The molecule has 1 aliphatic heterocycles. The van der Waals surface area contributed by atoms with Gasteiger partial charge in [0.15, 0.2) is 0 Å². The summed E-state index contributed by atoms with van der Waals surface area (Å²) in [7, 11) is 0. The molecule has 0 spiro atoms. The SMILES string of the molecule is CCCN(CCC)C(=O)CN1CCOCC1CO. The van der Waals surface area contributed by atoms with Crippen LogP contribution in [-0.4, -0.2) is 72.9 Å². The van der Waals surface area contributed by atoms with E-state index in [4.69, 9.17) is 4.74 Å². The normalized spacial score (nSPS) is 20.9. The van der Waals surface area contributed by atoms with Crippen LogP contribution in [0, 0.1) is 0 Å². The zero-order valence-electron chi connectivity index (χ0n) is 11.6. The van der Waals surface area contributed by atoms with E-state index in [-0.39, 0.29) is 18.6 Å². The Morgan fingerprint density at radius 2 is 2.06 bits per heavy atom. The van der Waals surface area contributed by atoms with E-state index >= 15 is 0 Å². The predicted octanol–water partition coefficient (Wildman–Crippen LogP) is 0.328. The monoisotopic (exact) mass is 258 g/mol. The van der Waals surface area contributed by atoms with Gasteiger partial charge in [-0.2, -0.15) is 0 Å². The van der Waals surface area contributed by atoms with Gasteiger partial charge in [-0.25, -0.2) is 0 Å². The summed E-state index contributed by atoms with van der Waals surface area (Å²) in [5, 5.41) is 9.27. The number of carbonyl (C=O) groups is 1. The summed E-state index contributed by atoms with van der Waals surface area (Å²) >= 11 is 0. The minimum atomic E-state index is -0.0344. The number of amides is 1. The first-order valence-corrected chi connectivity index (χ1v) is 6.93. The molecule has 0 saturated carbocycles. The van der Waals surface area contributed by atoms with Gasteiger partial charge in [0.1, 0.15) is 0 Å². The van der Waals surface area contributed by atoms with Crippen LogP contribution >= 0.6 is 0 Å². The number of hydrogen-bond acceptors (Lipinski definition) is 4. The summed E-state index contributed by atoms with van der Waals surface area (Å²) in [6.45, 7) is 8.15. The molecule has 1 fully saturated rings. The molecule has 18 heavy (non-hydrogen) atoms. The van der Waals surface area contributed by atoms with E-state index < -0.39 is 0 Å². The fraction of sp³-hybridized carbons (Fsp3) is 0.923. The van der Waals surface area contributed by atoms with Gasteiger partial charge in [0.2, 0.25) is 5.91 Å². The van der Waals surface area contributed by atoms with E-state index in [9.17, 15) is 9.90 Å². The van der Waals surface area contributed by atoms with Crippen molar-refractivity contribution in [3.63, 3.8) is 0 Å². The van der Waals surface area contributed by atoms with Crippen molar-refractivity contribution in [2.45, 2.75) is 32.7 Å². The average Bonchev–Trinajstić information content (AvgIpc) is 2.39. The highest BCUT2D eigenvalue weighted by Gasteiger charge is 2.25. The van der Waals surface area contributed by atoms with Crippen LogP contribution in [0.5, 0.6) is 0 Å². The Labute approximate surface area is 110 Å². The van der Waals surface area contributed by atoms with Gasteiger partial charge in [-0.1, -0.05) is 13.8 Å². The van der Waals surface area contributed by atoms with Crippen molar-refractivity contribution in [1.82, 2.24) is 9.80 Å². The van der Waals surface area contributed by atoms with Crippen molar-refractivity contribution in [3.05, 3.63) is 0 Å². The molecule has 0 aromatic rings. The third-order valence-corrected chi connectivity index (χ3v) is 3.24. The Kier molecular flexibility index (Phi) is 7.23. The second-order valence-electron chi connectivity index (χ2n) is 4.76. The van der Waals surface area contributed by atoms with Crippen LogP contribution in [-0.2, 0) is 9.53 Å². The summed E-state index contributed by atoms with van der Waals surface area (Å²) in [6.07, 6.45) is 1.97. The first-order valence-electron chi connectivity index (χ1n) is 6.93. The Bertz CT molecular complexity index is 242. The van der Waals surface area contributed by atoms with Gasteiger partial charge >= 0.3 is 0 Å². The van der Waals surface area contributed by atoms with Crippen LogP contribution in [0.25, 0.3) is 0 Å². The van der Waals surface area contributed by atoms with E-state index in [1.165, 1.54) is 0 Å². The van der Waals surface area contributed by atoms with E-state index in [0.29, 0.717) is 19.8 Å². The minimum Gasteiger partial charge on any atom is -0.395 e. The molecule has 1 amide bonds. The Balaban J connectivity index is 2.49. The lowest BCUT2D eigenvalue weighted by atomic mass is 10.2. The van der Waals surface area contributed by atoms with Crippen LogP contribution in [0.15, 0.2) is 0 Å². The molecule has 1 heterocycles. The van der Waals surface area contributed by atoms with Gasteiger partial charge in [-0.05, 0) is 12.8 Å². The third kappa shape index (κ3) is 4.55. The molecule has 5 nitrogen and oxygen atoms in total. The summed E-state index contributed by atoms with van der Waals surface area (Å²) in [6, 6.07) is -0.0344. The lowest BCUT2D eigenvalue weighted by molar-refractivity contribution is -0.135. The molecule has 1 saturated heterocycles. The zero-order valence-corrected chi connectivity index (χ0v) is 11.6. The van der Waals surface area contributed by atoms with E-state index in [1.54, 1.807) is 0 Å². The molecule has 1 unspecified atom stereocenters. The maximum absolute atomic E-state index is 12.2. The summed E-state index contributed by atoms with van der Waals surface area (Å²) < 4.78 is 5.31. The van der Waals surface area contributed by atoms with E-state index in [1.807, 2.05) is 9.80 Å². The van der Waals surface area contributed by atoms with Crippen molar-refractivity contribution in [2.24, 2.45) is 0 Å². The van der Waals surface area contributed by atoms with Crippen LogP contribution in [0.1, 0.15) is 26.7 Å². The number of morpholine rings is 1. The predicted molar refractivity (Wildman–Crippen MR) is 70.4 cm³/mol. The Hall–Kier alpha value is -0.650. The first-order chi connectivity index (χ1) is 8.72. The van der Waals surface area contributed by atoms with Gasteiger partial charge in [-0.15, -0.1) is 0 Å². The summed E-state index contributed by atoms with van der Waals surface area (Å²) in [5.41, 5.74) is 0. The lowest BCUT2D eigenvalue weighted by Gasteiger charge is -2.35. The van der Waals surface area contributed by atoms with Crippen molar-refractivity contribution in [1.29, 1.82) is 0 Å². The smallest absolute Gasteiger partial charge is 0.236 e. The fourth-order valence-corrected chi connectivity index (χ4v) is 2.24. The number of aliphatic hydroxyl groups excluding tert-OH is 1. The van der Waals surface area contributed by atoms with Gasteiger partial charge in [0.05, 0.1) is 32.4 Å². The molecule has 0 bridgehead atoms. The number of hydrogen-bond donors (Lipinski definition) is 1. The van der Waals surface area contributed by atoms with Crippen LogP contribution in [0.2, 0.25) is 0 Å².